The normalized spacial score (nSPS) is 20.2. The Morgan fingerprint density at radius 1 is 1.86 bits per heavy atom. The van der Waals surface area contributed by atoms with Crippen LogP contribution in [0.2, 0.25) is 0 Å². The van der Waals surface area contributed by atoms with Gasteiger partial charge in [0.25, 0.3) is 0 Å². The van der Waals surface area contributed by atoms with E-state index in [9.17, 15) is 4.79 Å². The number of hydrogen-bond acceptors (Lipinski definition) is 4. The summed E-state index contributed by atoms with van der Waals surface area (Å²) in [5.41, 5.74) is 0.901. The first-order chi connectivity index (χ1) is 6.77. The molecule has 1 amide bonds. The highest BCUT2D eigenvalue weighted by atomic mass is 16.2. The van der Waals surface area contributed by atoms with Crippen LogP contribution < -0.4 is 10.6 Å². The molecule has 0 bridgehead atoms. The SMILES string of the molecule is Cn1nncc1CNC(=O)C1CCN1. The minimum absolute atomic E-state index is 0.00353. The lowest BCUT2D eigenvalue weighted by molar-refractivity contribution is -0.124. The number of amides is 1. The van der Waals surface area contributed by atoms with E-state index in [-0.39, 0.29) is 11.9 Å². The number of aryl methyl sites for hydroxylation is 1. The zero-order valence-corrected chi connectivity index (χ0v) is 8.03. The van der Waals surface area contributed by atoms with Crippen molar-refractivity contribution in [2.45, 2.75) is 19.0 Å². The van der Waals surface area contributed by atoms with E-state index in [4.69, 9.17) is 0 Å². The van der Waals surface area contributed by atoms with Gasteiger partial charge in [0.15, 0.2) is 0 Å². The molecule has 1 fully saturated rings. The molecule has 2 N–H and O–H groups in total. The first-order valence-corrected chi connectivity index (χ1v) is 4.62. The summed E-state index contributed by atoms with van der Waals surface area (Å²) in [5, 5.41) is 13.4. The van der Waals surface area contributed by atoms with Crippen LogP contribution in [0.25, 0.3) is 0 Å². The second-order valence-corrected chi connectivity index (χ2v) is 3.36. The first kappa shape index (κ1) is 9.14. The molecule has 1 atom stereocenters. The van der Waals surface area contributed by atoms with Crippen molar-refractivity contribution in [1.29, 1.82) is 0 Å². The van der Waals surface area contributed by atoms with Gasteiger partial charge in [-0.25, -0.2) is 0 Å². The van der Waals surface area contributed by atoms with Gasteiger partial charge in [-0.1, -0.05) is 5.21 Å². The smallest absolute Gasteiger partial charge is 0.237 e. The standard InChI is InChI=1S/C8H13N5O/c1-13-6(5-11-12-13)4-10-8(14)7-2-3-9-7/h5,7,9H,2-4H2,1H3,(H,10,14). The van der Waals surface area contributed by atoms with Gasteiger partial charge in [-0.2, -0.15) is 0 Å². The number of hydrogen-bond donors (Lipinski definition) is 2. The van der Waals surface area contributed by atoms with Gasteiger partial charge in [0, 0.05) is 7.05 Å². The summed E-state index contributed by atoms with van der Waals surface area (Å²) >= 11 is 0. The van der Waals surface area contributed by atoms with E-state index in [1.54, 1.807) is 17.9 Å². The van der Waals surface area contributed by atoms with Crippen molar-refractivity contribution < 1.29 is 4.79 Å². The Kier molecular flexibility index (Phi) is 2.45. The molecule has 1 aromatic rings. The lowest BCUT2D eigenvalue weighted by Gasteiger charge is -2.26. The monoisotopic (exact) mass is 195 g/mol. The molecular formula is C8H13N5O. The molecule has 0 aliphatic carbocycles. The van der Waals surface area contributed by atoms with Crippen molar-refractivity contribution in [3.8, 4) is 0 Å². The molecule has 1 unspecified atom stereocenters. The summed E-state index contributed by atoms with van der Waals surface area (Å²) in [5.74, 6) is 0.0532. The summed E-state index contributed by atoms with van der Waals surface area (Å²) in [6, 6.07) is -0.00353. The van der Waals surface area contributed by atoms with E-state index < -0.39 is 0 Å². The van der Waals surface area contributed by atoms with Crippen molar-refractivity contribution in [3.05, 3.63) is 11.9 Å². The van der Waals surface area contributed by atoms with Crippen LogP contribution in [0.4, 0.5) is 0 Å². The molecule has 0 saturated carbocycles. The van der Waals surface area contributed by atoms with Crippen molar-refractivity contribution in [3.63, 3.8) is 0 Å². The molecule has 6 nitrogen and oxygen atoms in total. The second kappa shape index (κ2) is 3.75. The Morgan fingerprint density at radius 2 is 2.64 bits per heavy atom. The van der Waals surface area contributed by atoms with Crippen LogP contribution in [0.1, 0.15) is 12.1 Å². The van der Waals surface area contributed by atoms with Crippen LogP contribution in [0.3, 0.4) is 0 Å². The van der Waals surface area contributed by atoms with Gasteiger partial charge in [0.1, 0.15) is 0 Å². The third-order valence-electron chi connectivity index (χ3n) is 2.39. The van der Waals surface area contributed by atoms with E-state index in [1.807, 2.05) is 0 Å². The lowest BCUT2D eigenvalue weighted by Crippen LogP contribution is -2.53. The molecule has 1 saturated heterocycles. The maximum atomic E-state index is 11.4. The molecule has 1 aliphatic rings. The highest BCUT2D eigenvalue weighted by molar-refractivity contribution is 5.82. The molecule has 0 spiro atoms. The van der Waals surface area contributed by atoms with E-state index in [1.165, 1.54) is 0 Å². The van der Waals surface area contributed by atoms with E-state index in [0.29, 0.717) is 6.54 Å². The fourth-order valence-corrected chi connectivity index (χ4v) is 1.28. The van der Waals surface area contributed by atoms with E-state index in [0.717, 1.165) is 18.7 Å². The van der Waals surface area contributed by atoms with Gasteiger partial charge in [0.05, 0.1) is 24.5 Å². The van der Waals surface area contributed by atoms with Crippen LogP contribution in [0.15, 0.2) is 6.20 Å². The summed E-state index contributed by atoms with van der Waals surface area (Å²) in [7, 11) is 1.80. The largest absolute Gasteiger partial charge is 0.349 e. The Hall–Kier alpha value is -1.43. The molecule has 2 rings (SSSR count). The van der Waals surface area contributed by atoms with Gasteiger partial charge >= 0.3 is 0 Å². The average Bonchev–Trinajstić information content (AvgIpc) is 2.44. The molecule has 1 aliphatic heterocycles. The number of carbonyl (C=O) groups is 1. The maximum Gasteiger partial charge on any atom is 0.237 e. The molecule has 76 valence electrons. The molecule has 2 heterocycles. The molecule has 6 heteroatoms. The fourth-order valence-electron chi connectivity index (χ4n) is 1.28. The van der Waals surface area contributed by atoms with Gasteiger partial charge in [0.2, 0.25) is 5.91 Å². The number of nitrogens with zero attached hydrogens (tertiary/aromatic N) is 3. The number of aromatic nitrogens is 3. The maximum absolute atomic E-state index is 11.4. The van der Waals surface area contributed by atoms with Gasteiger partial charge in [-0.15, -0.1) is 5.10 Å². The summed E-state index contributed by atoms with van der Waals surface area (Å²) < 4.78 is 1.65. The van der Waals surface area contributed by atoms with Gasteiger partial charge in [-0.05, 0) is 13.0 Å². The van der Waals surface area contributed by atoms with Crippen molar-refractivity contribution in [2.75, 3.05) is 6.54 Å². The molecular weight excluding hydrogens is 182 g/mol. The zero-order chi connectivity index (χ0) is 9.97. The second-order valence-electron chi connectivity index (χ2n) is 3.36. The van der Waals surface area contributed by atoms with Crippen LogP contribution >= 0.6 is 0 Å². The quantitative estimate of drug-likeness (QED) is 0.635. The average molecular weight is 195 g/mol. The topological polar surface area (TPSA) is 71.8 Å². The number of rotatable bonds is 3. The van der Waals surface area contributed by atoms with E-state index >= 15 is 0 Å². The minimum atomic E-state index is -0.00353. The molecule has 0 radical (unpaired) electrons. The summed E-state index contributed by atoms with van der Waals surface area (Å²) in [4.78, 5) is 11.4. The van der Waals surface area contributed by atoms with Gasteiger partial charge < -0.3 is 10.6 Å². The van der Waals surface area contributed by atoms with Crippen LogP contribution in [0, 0.1) is 0 Å². The van der Waals surface area contributed by atoms with Crippen molar-refractivity contribution in [1.82, 2.24) is 25.6 Å². The predicted octanol–water partition coefficient (Wildman–Crippen LogP) is -1.21. The summed E-state index contributed by atoms with van der Waals surface area (Å²) in [6.45, 7) is 1.42. The number of carbonyl (C=O) groups excluding carboxylic acids is 1. The molecule has 1 aromatic heterocycles. The Balaban J connectivity index is 1.82. The highest BCUT2D eigenvalue weighted by Gasteiger charge is 2.23. The van der Waals surface area contributed by atoms with Crippen LogP contribution in [-0.2, 0) is 18.4 Å². The third-order valence-corrected chi connectivity index (χ3v) is 2.39. The first-order valence-electron chi connectivity index (χ1n) is 4.62. The minimum Gasteiger partial charge on any atom is -0.349 e. The van der Waals surface area contributed by atoms with Crippen molar-refractivity contribution in [2.24, 2.45) is 7.05 Å². The van der Waals surface area contributed by atoms with E-state index in [2.05, 4.69) is 20.9 Å². The lowest BCUT2D eigenvalue weighted by atomic mass is 10.1. The number of nitrogens with one attached hydrogen (secondary N) is 2. The van der Waals surface area contributed by atoms with Gasteiger partial charge in [-0.3, -0.25) is 9.48 Å². The van der Waals surface area contributed by atoms with Crippen molar-refractivity contribution >= 4 is 5.91 Å². The molecule has 0 aromatic carbocycles. The zero-order valence-electron chi connectivity index (χ0n) is 8.03. The Labute approximate surface area is 81.7 Å². The fraction of sp³-hybridized carbons (Fsp3) is 0.625. The Morgan fingerprint density at radius 3 is 3.14 bits per heavy atom. The Bertz CT molecular complexity index is 330. The highest BCUT2D eigenvalue weighted by Crippen LogP contribution is 2.01. The third kappa shape index (κ3) is 1.74. The van der Waals surface area contributed by atoms with Crippen LogP contribution in [-0.4, -0.2) is 33.5 Å². The van der Waals surface area contributed by atoms with Crippen LogP contribution in [0.5, 0.6) is 0 Å². The molecule has 14 heavy (non-hydrogen) atoms. The predicted molar refractivity (Wildman–Crippen MR) is 49.3 cm³/mol. The summed E-state index contributed by atoms with van der Waals surface area (Å²) in [6.07, 6.45) is 2.57.